The van der Waals surface area contributed by atoms with Gasteiger partial charge in [-0.1, -0.05) is 42.5 Å². The molecule has 3 heteroatoms. The minimum atomic E-state index is -0.538. The van der Waals surface area contributed by atoms with Crippen molar-refractivity contribution in [1.82, 2.24) is 0 Å². The maximum Gasteiger partial charge on any atom is 0.208 e. The van der Waals surface area contributed by atoms with Gasteiger partial charge in [-0.2, -0.15) is 0 Å². The average Bonchev–Trinajstić information content (AvgIpc) is 2.52. The predicted molar refractivity (Wildman–Crippen MR) is 84.8 cm³/mol. The zero-order valence-electron chi connectivity index (χ0n) is 11.3. The molecule has 0 radical (unpaired) electrons. The second-order valence-corrected chi connectivity index (χ2v) is 6.52. The lowest BCUT2D eigenvalue weighted by Gasteiger charge is -2.10. The lowest BCUT2D eigenvalue weighted by atomic mass is 10.3. The predicted octanol–water partition coefficient (Wildman–Crippen LogP) is 4.19. The van der Waals surface area contributed by atoms with E-state index in [0.29, 0.717) is 0 Å². The number of para-hydroxylation sites is 2. The Kier molecular flexibility index (Phi) is 3.84. The van der Waals surface area contributed by atoms with Gasteiger partial charge in [-0.25, -0.2) is 0 Å². The minimum absolute atomic E-state index is 0.243. The highest BCUT2D eigenvalue weighted by Crippen LogP contribution is 2.39. The smallest absolute Gasteiger partial charge is 0.208 e. The molecule has 21 heavy (non-hydrogen) atoms. The lowest BCUT2D eigenvalue weighted by Crippen LogP contribution is -2.05. The third kappa shape index (κ3) is 2.73. The fourth-order valence-corrected chi connectivity index (χ4v) is 4.35. The Morgan fingerprint density at radius 3 is 1.43 bits per heavy atom. The molecule has 3 aromatic rings. The van der Waals surface area contributed by atoms with Crippen LogP contribution < -0.4 is 0 Å². The highest BCUT2D eigenvalue weighted by molar-refractivity contribution is 7.97. The summed E-state index contributed by atoms with van der Waals surface area (Å²) in [7, 11) is -0.538. The Hall–Kier alpha value is -2.39. The van der Waals surface area contributed by atoms with Crippen molar-refractivity contribution in [2.75, 3.05) is 0 Å². The summed E-state index contributed by atoms with van der Waals surface area (Å²) in [4.78, 5) is 2.68. The Morgan fingerprint density at radius 1 is 0.524 bits per heavy atom. The van der Waals surface area contributed by atoms with E-state index >= 15 is 0 Å². The van der Waals surface area contributed by atoms with Crippen LogP contribution in [-0.4, -0.2) is 10.2 Å². The Bertz CT molecular complexity index is 695. The van der Waals surface area contributed by atoms with Crippen molar-refractivity contribution in [2.24, 2.45) is 0 Å². The topological polar surface area (TPSA) is 40.5 Å². The average molecular weight is 295 g/mol. The van der Waals surface area contributed by atoms with Gasteiger partial charge in [-0.05, 0) is 36.4 Å². The molecule has 2 nitrogen and oxygen atoms in total. The zero-order valence-corrected chi connectivity index (χ0v) is 12.1. The number of benzene rings is 3. The van der Waals surface area contributed by atoms with Gasteiger partial charge < -0.3 is 10.2 Å². The largest absolute Gasteiger partial charge is 0.503 e. The van der Waals surface area contributed by atoms with E-state index < -0.39 is 10.9 Å². The summed E-state index contributed by atoms with van der Waals surface area (Å²) in [5.41, 5.74) is 0. The Labute approximate surface area is 126 Å². The first-order chi connectivity index (χ1) is 10.3. The van der Waals surface area contributed by atoms with E-state index in [2.05, 4.69) is 0 Å². The number of phenolic OH excluding ortho intramolecular Hbond substituents is 2. The molecule has 0 aliphatic rings. The van der Waals surface area contributed by atoms with Crippen molar-refractivity contribution in [2.45, 2.75) is 14.7 Å². The molecule has 0 amide bonds. The third-order valence-corrected chi connectivity index (χ3v) is 5.46. The highest BCUT2D eigenvalue weighted by atomic mass is 32.2. The van der Waals surface area contributed by atoms with Gasteiger partial charge in [0.1, 0.15) is 10.9 Å². The molecule has 0 saturated carbocycles. The van der Waals surface area contributed by atoms with Crippen LogP contribution in [0.1, 0.15) is 0 Å². The molecule has 0 unspecified atom stereocenters. The summed E-state index contributed by atoms with van der Waals surface area (Å²) in [6.07, 6.45) is 0. The molecule has 0 bridgehead atoms. The second kappa shape index (κ2) is 5.94. The van der Waals surface area contributed by atoms with Crippen molar-refractivity contribution in [3.05, 3.63) is 78.9 Å². The lowest BCUT2D eigenvalue weighted by molar-refractivity contribution is 0.459. The van der Waals surface area contributed by atoms with Crippen LogP contribution in [0.2, 0.25) is 0 Å². The number of aromatic hydroxyl groups is 2. The highest BCUT2D eigenvalue weighted by Gasteiger charge is 2.33. The fourth-order valence-electron chi connectivity index (χ4n) is 2.19. The number of hydrogen-bond donors (Lipinski definition) is 2. The van der Waals surface area contributed by atoms with Crippen LogP contribution in [0.5, 0.6) is 11.5 Å². The molecular formula is C18H15O2S+. The molecule has 3 aromatic carbocycles. The first-order valence-corrected chi connectivity index (χ1v) is 7.85. The van der Waals surface area contributed by atoms with Gasteiger partial charge in [0.25, 0.3) is 0 Å². The van der Waals surface area contributed by atoms with Crippen molar-refractivity contribution >= 4 is 10.9 Å². The normalized spacial score (nSPS) is 10.7. The van der Waals surface area contributed by atoms with E-state index in [1.807, 2.05) is 54.6 Å². The summed E-state index contributed by atoms with van der Waals surface area (Å²) in [6.45, 7) is 0. The molecule has 104 valence electrons. The summed E-state index contributed by atoms with van der Waals surface area (Å²) >= 11 is 0. The van der Waals surface area contributed by atoms with E-state index in [4.69, 9.17) is 0 Å². The van der Waals surface area contributed by atoms with Crippen LogP contribution >= 0.6 is 0 Å². The van der Waals surface area contributed by atoms with Crippen molar-refractivity contribution < 1.29 is 10.2 Å². The van der Waals surface area contributed by atoms with Gasteiger partial charge in [-0.15, -0.1) is 0 Å². The van der Waals surface area contributed by atoms with Crippen LogP contribution in [0.15, 0.2) is 93.5 Å². The maximum atomic E-state index is 10.2. The standard InChI is InChI=1S/C18H14O2S/c19-15-10-4-6-12-17(15)21(14-8-2-1-3-9-14)18-13-7-5-11-16(18)20/h1-13H,(H-,19,20)/p+1. The molecule has 0 saturated heterocycles. The Morgan fingerprint density at radius 2 is 0.952 bits per heavy atom. The monoisotopic (exact) mass is 295 g/mol. The van der Waals surface area contributed by atoms with Crippen LogP contribution in [0.25, 0.3) is 0 Å². The minimum Gasteiger partial charge on any atom is -0.503 e. The van der Waals surface area contributed by atoms with Gasteiger partial charge in [0, 0.05) is 0 Å². The SMILES string of the molecule is Oc1ccccc1[S+](c1ccccc1)c1ccccc1O. The number of rotatable bonds is 3. The molecule has 0 aliphatic heterocycles. The third-order valence-electron chi connectivity index (χ3n) is 3.15. The molecule has 3 rings (SSSR count). The zero-order chi connectivity index (χ0) is 14.7. The molecule has 0 aliphatic carbocycles. The summed E-state index contributed by atoms with van der Waals surface area (Å²) in [5.74, 6) is 0.487. The summed E-state index contributed by atoms with van der Waals surface area (Å²) in [6, 6.07) is 24.5. The maximum absolute atomic E-state index is 10.2. The first kappa shape index (κ1) is 13.6. The van der Waals surface area contributed by atoms with Gasteiger partial charge in [0.15, 0.2) is 16.4 Å². The molecular weight excluding hydrogens is 280 g/mol. The van der Waals surface area contributed by atoms with Gasteiger partial charge in [0.2, 0.25) is 9.79 Å². The summed E-state index contributed by atoms with van der Waals surface area (Å²) < 4.78 is 0. The molecule has 0 fully saturated rings. The van der Waals surface area contributed by atoms with E-state index in [0.717, 1.165) is 14.7 Å². The molecule has 0 aromatic heterocycles. The molecule has 0 spiro atoms. The molecule has 0 atom stereocenters. The van der Waals surface area contributed by atoms with Gasteiger partial charge >= 0.3 is 0 Å². The quantitative estimate of drug-likeness (QED) is 0.711. The van der Waals surface area contributed by atoms with E-state index in [9.17, 15) is 10.2 Å². The molecule has 0 heterocycles. The first-order valence-electron chi connectivity index (χ1n) is 6.62. The van der Waals surface area contributed by atoms with Crippen LogP contribution in [0.4, 0.5) is 0 Å². The van der Waals surface area contributed by atoms with Gasteiger partial charge in [0.05, 0.1) is 0 Å². The Balaban J connectivity index is 2.22. The van der Waals surface area contributed by atoms with E-state index in [1.54, 1.807) is 24.3 Å². The van der Waals surface area contributed by atoms with Crippen molar-refractivity contribution in [3.63, 3.8) is 0 Å². The van der Waals surface area contributed by atoms with E-state index in [-0.39, 0.29) is 11.5 Å². The van der Waals surface area contributed by atoms with Crippen molar-refractivity contribution in [1.29, 1.82) is 0 Å². The summed E-state index contributed by atoms with van der Waals surface area (Å²) in [5, 5.41) is 20.4. The fraction of sp³-hybridized carbons (Fsp3) is 0. The second-order valence-electron chi connectivity index (χ2n) is 4.55. The number of phenols is 2. The number of hydrogen-bond acceptors (Lipinski definition) is 2. The van der Waals surface area contributed by atoms with Gasteiger partial charge in [-0.3, -0.25) is 0 Å². The van der Waals surface area contributed by atoms with Crippen molar-refractivity contribution in [3.8, 4) is 11.5 Å². The van der Waals surface area contributed by atoms with Crippen LogP contribution in [-0.2, 0) is 10.9 Å². The molecule has 2 N–H and O–H groups in total. The van der Waals surface area contributed by atoms with Crippen LogP contribution in [0.3, 0.4) is 0 Å². The van der Waals surface area contributed by atoms with Crippen LogP contribution in [0, 0.1) is 0 Å². The van der Waals surface area contributed by atoms with E-state index in [1.165, 1.54) is 0 Å².